The minimum Gasteiger partial charge on any atom is -0.491 e. The van der Waals surface area contributed by atoms with Gasteiger partial charge in [-0.15, -0.1) is 0 Å². The highest BCUT2D eigenvalue weighted by atomic mass is 16.5. The first-order chi connectivity index (χ1) is 15.4. The second-order valence-corrected chi connectivity index (χ2v) is 8.86. The molecule has 6 nitrogen and oxygen atoms in total. The standard InChI is InChI=1S/C26H35N3O3/c1-5-19(2)25(30)27-23(15-20-11-7-6-8-12-20)26(31)29-16-21-13-9-10-14-24(21)32-18-22(29)17-28(3)4/h6-14,19,22-23H,5,15-18H2,1-4H3,(H,27,30)/t19-,22+,23+/m0/s1. The van der Waals surface area contributed by atoms with Gasteiger partial charge in [-0.3, -0.25) is 9.59 Å². The van der Waals surface area contributed by atoms with Crippen LogP contribution in [0.1, 0.15) is 31.4 Å². The van der Waals surface area contributed by atoms with E-state index in [-0.39, 0.29) is 23.8 Å². The highest BCUT2D eigenvalue weighted by Crippen LogP contribution is 2.26. The number of rotatable bonds is 8. The number of carbonyl (C=O) groups is 2. The van der Waals surface area contributed by atoms with Crippen LogP contribution in [-0.2, 0) is 22.6 Å². The van der Waals surface area contributed by atoms with Gasteiger partial charge in [0.1, 0.15) is 18.4 Å². The molecule has 0 aromatic heterocycles. The van der Waals surface area contributed by atoms with Gasteiger partial charge in [0.05, 0.1) is 6.04 Å². The van der Waals surface area contributed by atoms with Gasteiger partial charge in [-0.1, -0.05) is 62.4 Å². The van der Waals surface area contributed by atoms with Crippen LogP contribution in [-0.4, -0.2) is 60.9 Å². The number of carbonyl (C=O) groups excluding carboxylic acids is 2. The van der Waals surface area contributed by atoms with Crippen LogP contribution in [0.2, 0.25) is 0 Å². The van der Waals surface area contributed by atoms with Crippen molar-refractivity contribution in [2.45, 2.75) is 45.3 Å². The fourth-order valence-electron chi connectivity index (χ4n) is 3.94. The molecule has 1 N–H and O–H groups in total. The Labute approximate surface area is 191 Å². The summed E-state index contributed by atoms with van der Waals surface area (Å²) in [7, 11) is 3.99. The van der Waals surface area contributed by atoms with E-state index in [1.165, 1.54) is 0 Å². The van der Waals surface area contributed by atoms with Crippen LogP contribution in [0.25, 0.3) is 0 Å². The van der Waals surface area contributed by atoms with Gasteiger partial charge in [-0.2, -0.15) is 0 Å². The quantitative estimate of drug-likeness (QED) is 0.689. The first-order valence-electron chi connectivity index (χ1n) is 11.4. The van der Waals surface area contributed by atoms with E-state index in [0.29, 0.717) is 26.1 Å². The molecule has 0 fully saturated rings. The smallest absolute Gasteiger partial charge is 0.246 e. The molecule has 1 aliphatic heterocycles. The van der Waals surface area contributed by atoms with Crippen molar-refractivity contribution in [2.75, 3.05) is 27.2 Å². The third-order valence-electron chi connectivity index (χ3n) is 6.00. The molecular formula is C26H35N3O3. The van der Waals surface area contributed by atoms with Crippen LogP contribution >= 0.6 is 0 Å². The summed E-state index contributed by atoms with van der Waals surface area (Å²) in [5, 5.41) is 3.05. The van der Waals surface area contributed by atoms with Crippen molar-refractivity contribution < 1.29 is 14.3 Å². The van der Waals surface area contributed by atoms with E-state index >= 15 is 0 Å². The molecule has 0 spiro atoms. The van der Waals surface area contributed by atoms with Gasteiger partial charge in [0, 0.05) is 31.0 Å². The minimum absolute atomic E-state index is 0.0716. The Kier molecular flexibility index (Phi) is 8.28. The Morgan fingerprint density at radius 2 is 1.81 bits per heavy atom. The molecule has 3 rings (SSSR count). The maximum Gasteiger partial charge on any atom is 0.246 e. The fourth-order valence-corrected chi connectivity index (χ4v) is 3.94. The predicted molar refractivity (Wildman–Crippen MR) is 126 cm³/mol. The maximum absolute atomic E-state index is 13.9. The first-order valence-corrected chi connectivity index (χ1v) is 11.4. The first kappa shape index (κ1) is 23.8. The zero-order chi connectivity index (χ0) is 23.1. The van der Waals surface area contributed by atoms with Crippen molar-refractivity contribution >= 4 is 11.8 Å². The molecular weight excluding hydrogens is 402 g/mol. The monoisotopic (exact) mass is 437 g/mol. The van der Waals surface area contributed by atoms with Gasteiger partial charge in [-0.25, -0.2) is 0 Å². The molecule has 1 heterocycles. The third kappa shape index (κ3) is 6.10. The minimum atomic E-state index is -0.631. The molecule has 0 aliphatic carbocycles. The van der Waals surface area contributed by atoms with E-state index in [1.54, 1.807) is 0 Å². The third-order valence-corrected chi connectivity index (χ3v) is 6.00. The van der Waals surface area contributed by atoms with Gasteiger partial charge in [0.25, 0.3) is 0 Å². The number of benzene rings is 2. The van der Waals surface area contributed by atoms with E-state index in [4.69, 9.17) is 4.74 Å². The Morgan fingerprint density at radius 1 is 1.12 bits per heavy atom. The average molecular weight is 438 g/mol. The zero-order valence-electron chi connectivity index (χ0n) is 19.6. The van der Waals surface area contributed by atoms with Crippen molar-refractivity contribution in [3.05, 3.63) is 65.7 Å². The molecule has 2 aromatic rings. The number of nitrogens with one attached hydrogen (secondary N) is 1. The van der Waals surface area contributed by atoms with Crippen LogP contribution in [0.5, 0.6) is 5.75 Å². The van der Waals surface area contributed by atoms with E-state index in [9.17, 15) is 9.59 Å². The van der Waals surface area contributed by atoms with Gasteiger partial charge in [-0.05, 0) is 32.1 Å². The number of amides is 2. The normalized spacial score (nSPS) is 17.7. The van der Waals surface area contributed by atoms with E-state index < -0.39 is 6.04 Å². The fraction of sp³-hybridized carbons (Fsp3) is 0.462. The van der Waals surface area contributed by atoms with Gasteiger partial charge < -0.3 is 19.9 Å². The Bertz CT molecular complexity index is 900. The summed E-state index contributed by atoms with van der Waals surface area (Å²) in [5.41, 5.74) is 2.00. The lowest BCUT2D eigenvalue weighted by Gasteiger charge is -2.34. The number of hydrogen-bond donors (Lipinski definition) is 1. The van der Waals surface area contributed by atoms with Gasteiger partial charge >= 0.3 is 0 Å². The molecule has 2 aromatic carbocycles. The van der Waals surface area contributed by atoms with Gasteiger partial charge in [0.15, 0.2) is 0 Å². The Hall–Kier alpha value is -2.86. The largest absolute Gasteiger partial charge is 0.491 e. The molecule has 0 unspecified atom stereocenters. The second kappa shape index (κ2) is 11.1. The molecule has 0 bridgehead atoms. The number of likely N-dealkylation sites (N-methyl/N-ethyl adjacent to an activating group) is 1. The molecule has 0 saturated carbocycles. The van der Waals surface area contributed by atoms with Crippen LogP contribution in [0.3, 0.4) is 0 Å². The maximum atomic E-state index is 13.9. The van der Waals surface area contributed by atoms with Crippen LogP contribution in [0.15, 0.2) is 54.6 Å². The summed E-state index contributed by atoms with van der Waals surface area (Å²) in [5.74, 6) is 0.511. The number of nitrogens with zero attached hydrogens (tertiary/aromatic N) is 2. The lowest BCUT2D eigenvalue weighted by Crippen LogP contribution is -2.55. The van der Waals surface area contributed by atoms with Crippen molar-refractivity contribution in [1.29, 1.82) is 0 Å². The van der Waals surface area contributed by atoms with Crippen molar-refractivity contribution in [3.63, 3.8) is 0 Å². The van der Waals surface area contributed by atoms with Crippen LogP contribution in [0, 0.1) is 5.92 Å². The Balaban J connectivity index is 1.91. The SMILES string of the molecule is CC[C@H](C)C(=O)N[C@H](Cc1ccccc1)C(=O)N1Cc2ccccc2OC[C@H]1CN(C)C. The lowest BCUT2D eigenvalue weighted by molar-refractivity contribution is -0.140. The summed E-state index contributed by atoms with van der Waals surface area (Å²) in [6.45, 7) is 5.42. The average Bonchev–Trinajstić information content (AvgIpc) is 2.97. The number of fused-ring (bicyclic) bond motifs is 1. The molecule has 2 amide bonds. The predicted octanol–water partition coefficient (Wildman–Crippen LogP) is 3.11. The number of para-hydroxylation sites is 1. The number of hydrogen-bond acceptors (Lipinski definition) is 4. The zero-order valence-corrected chi connectivity index (χ0v) is 19.6. The molecule has 3 atom stereocenters. The molecule has 1 aliphatic rings. The van der Waals surface area contributed by atoms with Crippen molar-refractivity contribution in [2.24, 2.45) is 5.92 Å². The number of ether oxygens (including phenoxy) is 1. The van der Waals surface area contributed by atoms with E-state index in [2.05, 4.69) is 10.2 Å². The summed E-state index contributed by atoms with van der Waals surface area (Å²) < 4.78 is 6.07. The molecule has 32 heavy (non-hydrogen) atoms. The summed E-state index contributed by atoms with van der Waals surface area (Å²) in [6.07, 6.45) is 1.18. The highest BCUT2D eigenvalue weighted by Gasteiger charge is 2.34. The summed E-state index contributed by atoms with van der Waals surface area (Å²) in [6, 6.07) is 17.0. The van der Waals surface area contributed by atoms with Crippen LogP contribution in [0.4, 0.5) is 0 Å². The lowest BCUT2D eigenvalue weighted by atomic mass is 10.0. The molecule has 0 saturated heterocycles. The molecule has 6 heteroatoms. The Morgan fingerprint density at radius 3 is 2.50 bits per heavy atom. The van der Waals surface area contributed by atoms with Crippen molar-refractivity contribution in [1.82, 2.24) is 15.1 Å². The molecule has 172 valence electrons. The molecule has 0 radical (unpaired) electrons. The summed E-state index contributed by atoms with van der Waals surface area (Å²) >= 11 is 0. The van der Waals surface area contributed by atoms with E-state index in [0.717, 1.165) is 23.3 Å². The summed E-state index contributed by atoms with van der Waals surface area (Å²) in [4.78, 5) is 30.7. The highest BCUT2D eigenvalue weighted by molar-refractivity contribution is 5.89. The second-order valence-electron chi connectivity index (χ2n) is 8.86. The van der Waals surface area contributed by atoms with Crippen molar-refractivity contribution in [3.8, 4) is 5.75 Å². The topological polar surface area (TPSA) is 61.9 Å². The van der Waals surface area contributed by atoms with Gasteiger partial charge in [0.2, 0.25) is 11.8 Å². The van der Waals surface area contributed by atoms with E-state index in [1.807, 2.05) is 87.4 Å². The van der Waals surface area contributed by atoms with Crippen LogP contribution < -0.4 is 10.1 Å².